The summed E-state index contributed by atoms with van der Waals surface area (Å²) in [6, 6.07) is 23.8. The summed E-state index contributed by atoms with van der Waals surface area (Å²) in [5.74, 6) is 1.37. The van der Waals surface area contributed by atoms with Crippen LogP contribution in [0.1, 0.15) is 11.1 Å². The van der Waals surface area contributed by atoms with Crippen molar-refractivity contribution in [1.82, 2.24) is 5.32 Å². The van der Waals surface area contributed by atoms with Crippen LogP contribution in [0.25, 0.3) is 0 Å². The molecule has 7 heteroatoms. The van der Waals surface area contributed by atoms with Crippen molar-refractivity contribution in [3.8, 4) is 17.6 Å². The summed E-state index contributed by atoms with van der Waals surface area (Å²) in [6.45, 7) is 1.04. The molecule has 31 heavy (non-hydrogen) atoms. The van der Waals surface area contributed by atoms with Gasteiger partial charge in [0.25, 0.3) is 0 Å². The maximum atomic E-state index is 12.1. The summed E-state index contributed by atoms with van der Waals surface area (Å²) in [4.78, 5) is 12.1. The molecule has 6 nitrogen and oxygen atoms in total. The van der Waals surface area contributed by atoms with E-state index in [1.54, 1.807) is 24.3 Å². The molecule has 2 amide bonds. The van der Waals surface area contributed by atoms with Crippen molar-refractivity contribution in [2.24, 2.45) is 0 Å². The summed E-state index contributed by atoms with van der Waals surface area (Å²) in [6.07, 6.45) is 0.378. The van der Waals surface area contributed by atoms with Gasteiger partial charge in [0, 0.05) is 10.7 Å². The van der Waals surface area contributed by atoms with Gasteiger partial charge in [-0.3, -0.25) is 0 Å². The highest BCUT2D eigenvalue weighted by Crippen LogP contribution is 2.17. The number of nitrogens with zero attached hydrogens (tertiary/aromatic N) is 1. The van der Waals surface area contributed by atoms with E-state index in [1.807, 2.05) is 48.5 Å². The SMILES string of the molecule is N#CCc1ccc(OCc2cccc(NC(=O)NCCOc3cccc(Cl)c3)c2)cc1. The highest BCUT2D eigenvalue weighted by Gasteiger charge is 2.04. The standard InChI is InChI=1S/C24H22ClN3O3/c25-20-4-2-6-23(16-20)30-14-13-27-24(29)28-21-5-1-3-19(15-21)17-31-22-9-7-18(8-10-22)11-12-26/h1-10,15-16H,11,13-14,17H2,(H2,27,28,29). The lowest BCUT2D eigenvalue weighted by molar-refractivity contribution is 0.247. The topological polar surface area (TPSA) is 83.4 Å². The fourth-order valence-corrected chi connectivity index (χ4v) is 2.95. The Labute approximate surface area is 186 Å². The summed E-state index contributed by atoms with van der Waals surface area (Å²) in [7, 11) is 0. The number of halogens is 1. The number of nitrogens with one attached hydrogen (secondary N) is 2. The number of anilines is 1. The molecule has 3 rings (SSSR count). The summed E-state index contributed by atoms with van der Waals surface area (Å²) < 4.78 is 11.3. The molecule has 0 fully saturated rings. The van der Waals surface area contributed by atoms with Crippen LogP contribution in [0.4, 0.5) is 10.5 Å². The quantitative estimate of drug-likeness (QED) is 0.453. The van der Waals surface area contributed by atoms with Gasteiger partial charge in [-0.2, -0.15) is 5.26 Å². The van der Waals surface area contributed by atoms with Gasteiger partial charge in [0.1, 0.15) is 24.7 Å². The first kappa shape index (κ1) is 22.0. The molecule has 0 atom stereocenters. The van der Waals surface area contributed by atoms with Crippen LogP contribution in [-0.4, -0.2) is 19.2 Å². The van der Waals surface area contributed by atoms with Crippen molar-refractivity contribution < 1.29 is 14.3 Å². The number of ether oxygens (including phenoxy) is 2. The summed E-state index contributed by atoms with van der Waals surface area (Å²) in [5, 5.41) is 14.9. The van der Waals surface area contributed by atoms with Crippen molar-refractivity contribution in [3.05, 3.63) is 88.9 Å². The number of hydrogen-bond donors (Lipinski definition) is 2. The Morgan fingerprint density at radius 3 is 2.52 bits per heavy atom. The number of rotatable bonds is 9. The van der Waals surface area contributed by atoms with Gasteiger partial charge in [0.15, 0.2) is 0 Å². The molecule has 3 aromatic rings. The average molecular weight is 436 g/mol. The third-order valence-corrected chi connectivity index (χ3v) is 4.48. The molecule has 0 heterocycles. The van der Waals surface area contributed by atoms with E-state index in [0.29, 0.717) is 42.6 Å². The lowest BCUT2D eigenvalue weighted by atomic mass is 10.1. The number of urea groups is 1. The van der Waals surface area contributed by atoms with E-state index < -0.39 is 0 Å². The monoisotopic (exact) mass is 435 g/mol. The molecule has 0 bridgehead atoms. The number of amides is 2. The van der Waals surface area contributed by atoms with Gasteiger partial charge in [0.05, 0.1) is 19.0 Å². The Morgan fingerprint density at radius 2 is 1.74 bits per heavy atom. The molecular weight excluding hydrogens is 414 g/mol. The van der Waals surface area contributed by atoms with Crippen LogP contribution in [0.5, 0.6) is 11.5 Å². The Balaban J connectivity index is 1.41. The molecule has 0 aromatic heterocycles. The maximum absolute atomic E-state index is 12.1. The van der Waals surface area contributed by atoms with Gasteiger partial charge < -0.3 is 20.1 Å². The number of carbonyl (C=O) groups excluding carboxylic acids is 1. The number of carbonyl (C=O) groups is 1. The first-order chi connectivity index (χ1) is 15.1. The molecule has 3 aromatic carbocycles. The van der Waals surface area contributed by atoms with Crippen molar-refractivity contribution >= 4 is 23.3 Å². The van der Waals surface area contributed by atoms with Gasteiger partial charge in [-0.15, -0.1) is 0 Å². The minimum Gasteiger partial charge on any atom is -0.492 e. The van der Waals surface area contributed by atoms with Crippen LogP contribution < -0.4 is 20.1 Å². The zero-order valence-corrected chi connectivity index (χ0v) is 17.6. The van der Waals surface area contributed by atoms with Crippen LogP contribution in [-0.2, 0) is 13.0 Å². The van der Waals surface area contributed by atoms with E-state index in [-0.39, 0.29) is 6.03 Å². The second kappa shape index (κ2) is 11.5. The van der Waals surface area contributed by atoms with Crippen LogP contribution in [0.3, 0.4) is 0 Å². The van der Waals surface area contributed by atoms with E-state index in [1.165, 1.54) is 0 Å². The van der Waals surface area contributed by atoms with Gasteiger partial charge in [-0.1, -0.05) is 41.9 Å². The number of hydrogen-bond acceptors (Lipinski definition) is 4. The predicted molar refractivity (Wildman–Crippen MR) is 121 cm³/mol. The fraction of sp³-hybridized carbons (Fsp3) is 0.167. The average Bonchev–Trinajstić information content (AvgIpc) is 2.77. The van der Waals surface area contributed by atoms with E-state index in [2.05, 4.69) is 16.7 Å². The van der Waals surface area contributed by atoms with Crippen molar-refractivity contribution in [1.29, 1.82) is 5.26 Å². The Bertz CT molecular complexity index is 1050. The predicted octanol–water partition coefficient (Wildman–Crippen LogP) is 5.19. The number of benzene rings is 3. The molecule has 0 saturated heterocycles. The molecule has 0 unspecified atom stereocenters. The highest BCUT2D eigenvalue weighted by atomic mass is 35.5. The second-order valence-electron chi connectivity index (χ2n) is 6.65. The largest absolute Gasteiger partial charge is 0.492 e. The molecule has 0 saturated carbocycles. The lowest BCUT2D eigenvalue weighted by Crippen LogP contribution is -2.32. The fourth-order valence-electron chi connectivity index (χ4n) is 2.77. The van der Waals surface area contributed by atoms with E-state index >= 15 is 0 Å². The van der Waals surface area contributed by atoms with Gasteiger partial charge >= 0.3 is 6.03 Å². The zero-order valence-electron chi connectivity index (χ0n) is 16.8. The van der Waals surface area contributed by atoms with E-state index in [9.17, 15) is 4.79 Å². The lowest BCUT2D eigenvalue weighted by Gasteiger charge is -2.11. The zero-order chi connectivity index (χ0) is 21.9. The van der Waals surface area contributed by atoms with Gasteiger partial charge in [0.2, 0.25) is 0 Å². The maximum Gasteiger partial charge on any atom is 0.319 e. The normalized spacial score (nSPS) is 10.1. The van der Waals surface area contributed by atoms with Gasteiger partial charge in [-0.25, -0.2) is 4.79 Å². The van der Waals surface area contributed by atoms with Crippen LogP contribution >= 0.6 is 11.6 Å². The molecule has 158 valence electrons. The molecule has 0 aliphatic heterocycles. The molecule has 0 spiro atoms. The third kappa shape index (κ3) is 7.57. The van der Waals surface area contributed by atoms with Gasteiger partial charge in [-0.05, 0) is 53.6 Å². The molecule has 2 N–H and O–H groups in total. The third-order valence-electron chi connectivity index (χ3n) is 4.25. The van der Waals surface area contributed by atoms with Crippen LogP contribution in [0.2, 0.25) is 5.02 Å². The van der Waals surface area contributed by atoms with Crippen molar-refractivity contribution in [2.75, 3.05) is 18.5 Å². The molecular formula is C24H22ClN3O3. The Hall–Kier alpha value is -3.69. The van der Waals surface area contributed by atoms with Crippen LogP contribution in [0.15, 0.2) is 72.8 Å². The minimum absolute atomic E-state index is 0.319. The van der Waals surface area contributed by atoms with E-state index in [4.69, 9.17) is 26.3 Å². The smallest absolute Gasteiger partial charge is 0.319 e. The minimum atomic E-state index is -0.319. The Morgan fingerprint density at radius 1 is 0.935 bits per heavy atom. The first-order valence-corrected chi connectivity index (χ1v) is 10.1. The van der Waals surface area contributed by atoms with Crippen molar-refractivity contribution in [3.63, 3.8) is 0 Å². The molecule has 0 aliphatic rings. The molecule has 0 radical (unpaired) electrons. The highest BCUT2D eigenvalue weighted by molar-refractivity contribution is 6.30. The van der Waals surface area contributed by atoms with E-state index in [0.717, 1.165) is 16.9 Å². The Kier molecular flexibility index (Phi) is 8.15. The molecule has 0 aliphatic carbocycles. The summed E-state index contributed by atoms with van der Waals surface area (Å²) in [5.41, 5.74) is 2.53. The first-order valence-electron chi connectivity index (χ1n) is 9.73. The van der Waals surface area contributed by atoms with Crippen LogP contribution in [0, 0.1) is 11.3 Å². The number of nitriles is 1. The second-order valence-corrected chi connectivity index (χ2v) is 7.09. The summed E-state index contributed by atoms with van der Waals surface area (Å²) >= 11 is 5.91. The van der Waals surface area contributed by atoms with Crippen molar-refractivity contribution in [2.45, 2.75) is 13.0 Å².